The molecule has 0 N–H and O–H groups in total. The van der Waals surface area contributed by atoms with Gasteiger partial charge in [0.1, 0.15) is 0 Å². The molecule has 0 radical (unpaired) electrons. The smallest absolute Gasteiger partial charge is 0.269 e. The molecule has 0 amide bonds. The lowest BCUT2D eigenvalue weighted by molar-refractivity contribution is -0.384. The van der Waals surface area contributed by atoms with E-state index in [4.69, 9.17) is 18.9 Å². The normalized spacial score (nSPS) is 10.4. The van der Waals surface area contributed by atoms with E-state index < -0.39 is 4.92 Å². The Bertz CT molecular complexity index is 1000. The zero-order valence-electron chi connectivity index (χ0n) is 15.7. The van der Waals surface area contributed by atoms with Crippen LogP contribution in [0.1, 0.15) is 0 Å². The Balaban J connectivity index is 2.08. The highest BCUT2D eigenvalue weighted by Gasteiger charge is 2.24. The summed E-state index contributed by atoms with van der Waals surface area (Å²) in [5, 5.41) is 10.8. The topological polar surface area (TPSA) is 93.0 Å². The summed E-state index contributed by atoms with van der Waals surface area (Å²) in [6, 6.07) is 9.98. The van der Waals surface area contributed by atoms with Crippen molar-refractivity contribution in [2.75, 3.05) is 28.4 Å². The number of rotatable bonds is 7. The van der Waals surface area contributed by atoms with Crippen molar-refractivity contribution in [3.05, 3.63) is 46.5 Å². The third kappa shape index (κ3) is 3.44. The lowest BCUT2D eigenvalue weighted by Gasteiger charge is -2.17. The van der Waals surface area contributed by atoms with E-state index in [-0.39, 0.29) is 5.69 Å². The number of ether oxygens (including phenoxy) is 4. The van der Waals surface area contributed by atoms with Gasteiger partial charge in [-0.15, -0.1) is 0 Å². The van der Waals surface area contributed by atoms with Crippen molar-refractivity contribution in [1.29, 1.82) is 0 Å². The number of nitrogens with zero attached hydrogens (tertiary/aromatic N) is 2. The molecule has 0 saturated heterocycles. The van der Waals surface area contributed by atoms with Crippen molar-refractivity contribution in [3.8, 4) is 44.7 Å². The van der Waals surface area contributed by atoms with Gasteiger partial charge in [0.05, 0.1) is 49.5 Å². The molecule has 0 aliphatic carbocycles. The molecule has 1 aromatic heterocycles. The van der Waals surface area contributed by atoms with Gasteiger partial charge < -0.3 is 18.9 Å². The van der Waals surface area contributed by atoms with Crippen molar-refractivity contribution in [2.24, 2.45) is 0 Å². The fourth-order valence-corrected chi connectivity index (χ4v) is 3.56. The highest BCUT2D eigenvalue weighted by molar-refractivity contribution is 7.09. The maximum Gasteiger partial charge on any atom is 0.269 e. The van der Waals surface area contributed by atoms with Crippen molar-refractivity contribution in [1.82, 2.24) is 4.37 Å². The Morgan fingerprint density at radius 1 is 0.893 bits per heavy atom. The highest BCUT2D eigenvalue weighted by atomic mass is 32.1. The summed E-state index contributed by atoms with van der Waals surface area (Å²) < 4.78 is 26.3. The minimum Gasteiger partial charge on any atom is -0.493 e. The van der Waals surface area contributed by atoms with E-state index in [0.717, 1.165) is 10.4 Å². The first-order chi connectivity index (χ1) is 13.5. The number of hydrogen-bond donors (Lipinski definition) is 0. The van der Waals surface area contributed by atoms with Crippen LogP contribution in [0.4, 0.5) is 5.69 Å². The van der Waals surface area contributed by atoms with Crippen LogP contribution < -0.4 is 18.9 Å². The zero-order chi connectivity index (χ0) is 20.3. The molecule has 8 nitrogen and oxygen atoms in total. The van der Waals surface area contributed by atoms with Crippen molar-refractivity contribution < 1.29 is 23.9 Å². The Kier molecular flexibility index (Phi) is 5.65. The summed E-state index contributed by atoms with van der Waals surface area (Å²) in [6.45, 7) is 0. The SMILES string of the molecule is COc1cc(-c2cc(-c3ccc([N+](=O)[O-])cc3)sn2)c(OC)c(OC)c1OC. The van der Waals surface area contributed by atoms with Crippen LogP contribution in [0.25, 0.3) is 21.7 Å². The van der Waals surface area contributed by atoms with Crippen molar-refractivity contribution >= 4 is 17.2 Å². The molecule has 0 aliphatic rings. The van der Waals surface area contributed by atoms with Gasteiger partial charge in [-0.05, 0) is 41.4 Å². The molecule has 146 valence electrons. The maximum atomic E-state index is 10.8. The molecule has 0 atom stereocenters. The van der Waals surface area contributed by atoms with Crippen LogP contribution in [0.3, 0.4) is 0 Å². The predicted molar refractivity (Wildman–Crippen MR) is 106 cm³/mol. The summed E-state index contributed by atoms with van der Waals surface area (Å²) in [5.74, 6) is 1.79. The highest BCUT2D eigenvalue weighted by Crippen LogP contribution is 2.50. The van der Waals surface area contributed by atoms with Crippen LogP contribution in [-0.2, 0) is 0 Å². The number of methoxy groups -OCH3 is 4. The molecule has 0 bridgehead atoms. The van der Waals surface area contributed by atoms with Gasteiger partial charge in [0.2, 0.25) is 11.5 Å². The van der Waals surface area contributed by atoms with E-state index in [1.807, 2.05) is 6.07 Å². The monoisotopic (exact) mass is 402 g/mol. The summed E-state index contributed by atoms with van der Waals surface area (Å²) in [6.07, 6.45) is 0. The second kappa shape index (κ2) is 8.13. The molecular weight excluding hydrogens is 384 g/mol. The van der Waals surface area contributed by atoms with Crippen LogP contribution in [0.2, 0.25) is 0 Å². The quantitative estimate of drug-likeness (QED) is 0.426. The number of nitro benzene ring substituents is 1. The molecule has 28 heavy (non-hydrogen) atoms. The number of benzene rings is 2. The number of hydrogen-bond acceptors (Lipinski definition) is 8. The average molecular weight is 402 g/mol. The summed E-state index contributed by atoms with van der Waals surface area (Å²) in [4.78, 5) is 11.3. The van der Waals surface area contributed by atoms with Gasteiger partial charge in [0.15, 0.2) is 11.5 Å². The Labute approximate surface area is 165 Å². The molecule has 0 saturated carbocycles. The molecule has 0 unspecified atom stereocenters. The molecule has 0 fully saturated rings. The minimum atomic E-state index is -0.428. The molecule has 1 heterocycles. The van der Waals surface area contributed by atoms with E-state index in [1.165, 1.54) is 52.1 Å². The molecule has 2 aromatic carbocycles. The third-order valence-electron chi connectivity index (χ3n) is 4.14. The number of non-ortho nitro benzene ring substituents is 1. The van der Waals surface area contributed by atoms with Gasteiger partial charge in [0, 0.05) is 12.1 Å². The van der Waals surface area contributed by atoms with Crippen molar-refractivity contribution in [3.63, 3.8) is 0 Å². The Morgan fingerprint density at radius 2 is 1.54 bits per heavy atom. The van der Waals surface area contributed by atoms with Gasteiger partial charge in [-0.2, -0.15) is 4.37 Å². The van der Waals surface area contributed by atoms with Crippen LogP contribution >= 0.6 is 11.5 Å². The second-order valence-electron chi connectivity index (χ2n) is 5.61. The first-order valence-electron chi connectivity index (χ1n) is 8.12. The van der Waals surface area contributed by atoms with Gasteiger partial charge in [-0.1, -0.05) is 0 Å². The summed E-state index contributed by atoms with van der Waals surface area (Å²) >= 11 is 1.28. The average Bonchev–Trinajstić information content (AvgIpc) is 3.21. The second-order valence-corrected chi connectivity index (χ2v) is 6.41. The van der Waals surface area contributed by atoms with Crippen molar-refractivity contribution in [2.45, 2.75) is 0 Å². The van der Waals surface area contributed by atoms with E-state index in [0.29, 0.717) is 34.3 Å². The summed E-state index contributed by atoms with van der Waals surface area (Å²) in [7, 11) is 6.12. The van der Waals surface area contributed by atoms with Gasteiger partial charge in [-0.25, -0.2) is 0 Å². The molecule has 9 heteroatoms. The number of aromatic nitrogens is 1. The van der Waals surface area contributed by atoms with Crippen LogP contribution in [-0.4, -0.2) is 37.7 Å². The Morgan fingerprint density at radius 3 is 2.07 bits per heavy atom. The number of nitro groups is 1. The van der Waals surface area contributed by atoms with E-state index in [1.54, 1.807) is 18.2 Å². The molecular formula is C19H18N2O6S. The van der Waals surface area contributed by atoms with Crippen LogP contribution in [0, 0.1) is 10.1 Å². The molecule has 0 aliphatic heterocycles. The lowest BCUT2D eigenvalue weighted by atomic mass is 10.1. The zero-order valence-corrected chi connectivity index (χ0v) is 16.5. The van der Waals surface area contributed by atoms with Gasteiger partial charge in [-0.3, -0.25) is 10.1 Å². The molecule has 0 spiro atoms. The maximum absolute atomic E-state index is 10.8. The lowest BCUT2D eigenvalue weighted by Crippen LogP contribution is -1.99. The van der Waals surface area contributed by atoms with Gasteiger partial charge >= 0.3 is 0 Å². The van der Waals surface area contributed by atoms with E-state index >= 15 is 0 Å². The Hall–Kier alpha value is -3.33. The predicted octanol–water partition coefficient (Wildman–Crippen LogP) is 4.42. The molecule has 3 rings (SSSR count). The van der Waals surface area contributed by atoms with Crippen LogP contribution in [0.15, 0.2) is 36.4 Å². The fraction of sp³-hybridized carbons (Fsp3) is 0.211. The minimum absolute atomic E-state index is 0.0415. The third-order valence-corrected chi connectivity index (χ3v) is 4.98. The van der Waals surface area contributed by atoms with Crippen LogP contribution in [0.5, 0.6) is 23.0 Å². The largest absolute Gasteiger partial charge is 0.493 e. The molecule has 3 aromatic rings. The first-order valence-corrected chi connectivity index (χ1v) is 8.90. The summed E-state index contributed by atoms with van der Waals surface area (Å²) in [5.41, 5.74) is 2.22. The standard InChI is InChI=1S/C19H18N2O6S/c1-24-15-9-13(17(25-2)19(27-4)18(15)26-3)14-10-16(28-20-14)11-5-7-12(8-6-11)21(22)23/h5-10H,1-4H3. The van der Waals surface area contributed by atoms with E-state index in [9.17, 15) is 10.1 Å². The van der Waals surface area contributed by atoms with E-state index in [2.05, 4.69) is 4.37 Å². The van der Waals surface area contributed by atoms with Gasteiger partial charge in [0.25, 0.3) is 5.69 Å². The fourth-order valence-electron chi connectivity index (χ4n) is 2.81. The first kappa shape index (κ1) is 19.4.